The van der Waals surface area contributed by atoms with Crippen molar-refractivity contribution in [2.45, 2.75) is 26.7 Å². The summed E-state index contributed by atoms with van der Waals surface area (Å²) in [5.41, 5.74) is 1.93. The molecule has 0 spiro atoms. The Morgan fingerprint density at radius 1 is 1.42 bits per heavy atom. The number of hydrogen-bond acceptors (Lipinski definition) is 3. The third-order valence-electron chi connectivity index (χ3n) is 2.81. The van der Waals surface area contributed by atoms with Gasteiger partial charge in [0.15, 0.2) is 0 Å². The summed E-state index contributed by atoms with van der Waals surface area (Å²) in [6.45, 7) is 5.92. The Hall–Kier alpha value is -1.44. The molecule has 19 heavy (non-hydrogen) atoms. The van der Waals surface area contributed by atoms with Crippen LogP contribution < -0.4 is 0 Å². The van der Waals surface area contributed by atoms with Gasteiger partial charge in [-0.3, -0.25) is 0 Å². The molecule has 1 aromatic carbocycles. The van der Waals surface area contributed by atoms with E-state index in [9.17, 15) is 4.79 Å². The molecule has 5 nitrogen and oxygen atoms in total. The number of halogens is 1. The molecule has 0 saturated heterocycles. The zero-order valence-corrected chi connectivity index (χ0v) is 13.0. The molecular weight excluding hydrogens is 357 g/mol. The number of hydrogen-bond donors (Lipinski definition) is 1. The molecule has 2 rings (SSSR count). The van der Waals surface area contributed by atoms with Crippen LogP contribution in [0.2, 0.25) is 0 Å². The van der Waals surface area contributed by atoms with Crippen molar-refractivity contribution in [3.8, 4) is 5.69 Å². The molecule has 0 radical (unpaired) electrons. The van der Waals surface area contributed by atoms with Crippen LogP contribution in [0.1, 0.15) is 41.8 Å². The van der Waals surface area contributed by atoms with E-state index >= 15 is 0 Å². The molecule has 0 bridgehead atoms. The van der Waals surface area contributed by atoms with Crippen LogP contribution in [0, 0.1) is 10.5 Å². The van der Waals surface area contributed by atoms with Gasteiger partial charge in [0.25, 0.3) is 5.82 Å². The normalized spacial score (nSPS) is 11.0. The average Bonchev–Trinajstić information content (AvgIpc) is 2.77. The van der Waals surface area contributed by atoms with Crippen LogP contribution >= 0.6 is 22.6 Å². The van der Waals surface area contributed by atoms with Crippen molar-refractivity contribution in [3.05, 3.63) is 39.0 Å². The quantitative estimate of drug-likeness (QED) is 0.843. The predicted molar refractivity (Wildman–Crippen MR) is 79.9 cm³/mol. The van der Waals surface area contributed by atoms with E-state index in [0.717, 1.165) is 14.8 Å². The van der Waals surface area contributed by atoms with E-state index in [1.54, 1.807) is 4.68 Å². The van der Waals surface area contributed by atoms with Gasteiger partial charge in [0.2, 0.25) is 0 Å². The molecule has 0 atom stereocenters. The Balaban J connectivity index is 2.67. The van der Waals surface area contributed by atoms with Gasteiger partial charge in [0, 0.05) is 9.49 Å². The SMILES string of the molecule is Cc1c(I)cccc1-n1nc(C(=O)O)nc1C(C)C. The summed E-state index contributed by atoms with van der Waals surface area (Å²) in [5, 5.41) is 13.1. The van der Waals surface area contributed by atoms with Gasteiger partial charge >= 0.3 is 5.97 Å². The summed E-state index contributed by atoms with van der Waals surface area (Å²) in [6.07, 6.45) is 0. The molecule has 1 aromatic heterocycles. The van der Waals surface area contributed by atoms with Gasteiger partial charge in [-0.2, -0.15) is 0 Å². The van der Waals surface area contributed by atoms with Crippen molar-refractivity contribution in [1.29, 1.82) is 0 Å². The van der Waals surface area contributed by atoms with E-state index < -0.39 is 5.97 Å². The zero-order chi connectivity index (χ0) is 14.2. The first kappa shape index (κ1) is 14.0. The van der Waals surface area contributed by atoms with Gasteiger partial charge in [-0.05, 0) is 47.2 Å². The zero-order valence-electron chi connectivity index (χ0n) is 10.9. The van der Waals surface area contributed by atoms with E-state index in [0.29, 0.717) is 5.82 Å². The van der Waals surface area contributed by atoms with Crippen molar-refractivity contribution in [2.75, 3.05) is 0 Å². The summed E-state index contributed by atoms with van der Waals surface area (Å²) < 4.78 is 2.74. The van der Waals surface area contributed by atoms with Crippen LogP contribution in [0.15, 0.2) is 18.2 Å². The topological polar surface area (TPSA) is 68.0 Å². The Labute approximate surface area is 124 Å². The second-order valence-electron chi connectivity index (χ2n) is 4.55. The lowest BCUT2D eigenvalue weighted by atomic mass is 10.1. The maximum Gasteiger partial charge on any atom is 0.375 e. The number of carbonyl (C=O) groups is 1. The number of carboxylic acids is 1. The van der Waals surface area contributed by atoms with Crippen molar-refractivity contribution >= 4 is 28.6 Å². The van der Waals surface area contributed by atoms with Gasteiger partial charge < -0.3 is 5.11 Å². The average molecular weight is 371 g/mol. The fourth-order valence-electron chi connectivity index (χ4n) is 1.79. The number of benzene rings is 1. The van der Waals surface area contributed by atoms with Gasteiger partial charge in [0.05, 0.1) is 5.69 Å². The minimum absolute atomic E-state index is 0.0952. The molecule has 2 aromatic rings. The first-order chi connectivity index (χ1) is 8.91. The van der Waals surface area contributed by atoms with E-state index in [1.165, 1.54) is 0 Å². The standard InChI is InChI=1S/C13H14IN3O2/c1-7(2)12-15-11(13(18)19)16-17(12)10-6-4-5-9(14)8(10)3/h4-7H,1-3H3,(H,18,19). The first-order valence-corrected chi connectivity index (χ1v) is 6.95. The van der Waals surface area contributed by atoms with Crippen LogP contribution in [0.4, 0.5) is 0 Å². The number of aromatic carboxylic acids is 1. The number of carboxylic acid groups (broad SMARTS) is 1. The van der Waals surface area contributed by atoms with Crippen LogP contribution in [-0.2, 0) is 0 Å². The third-order valence-corrected chi connectivity index (χ3v) is 3.98. The van der Waals surface area contributed by atoms with Crippen molar-refractivity contribution in [3.63, 3.8) is 0 Å². The number of aromatic nitrogens is 3. The summed E-state index contributed by atoms with van der Waals surface area (Å²) in [7, 11) is 0. The highest BCUT2D eigenvalue weighted by molar-refractivity contribution is 14.1. The van der Waals surface area contributed by atoms with Crippen LogP contribution in [0.3, 0.4) is 0 Å². The molecule has 0 aliphatic carbocycles. The lowest BCUT2D eigenvalue weighted by molar-refractivity contribution is 0.0683. The highest BCUT2D eigenvalue weighted by Crippen LogP contribution is 2.23. The van der Waals surface area contributed by atoms with Gasteiger partial charge in [-0.1, -0.05) is 19.9 Å². The molecular formula is C13H14IN3O2. The number of nitrogens with zero attached hydrogens (tertiary/aromatic N) is 3. The Bertz CT molecular complexity index is 635. The Morgan fingerprint density at radius 3 is 2.68 bits per heavy atom. The van der Waals surface area contributed by atoms with Crippen molar-refractivity contribution < 1.29 is 9.90 Å². The fourth-order valence-corrected chi connectivity index (χ4v) is 2.28. The second-order valence-corrected chi connectivity index (χ2v) is 5.71. The molecule has 1 N–H and O–H groups in total. The highest BCUT2D eigenvalue weighted by Gasteiger charge is 2.19. The van der Waals surface area contributed by atoms with E-state index in [4.69, 9.17) is 5.11 Å². The monoisotopic (exact) mass is 371 g/mol. The molecule has 0 aliphatic heterocycles. The van der Waals surface area contributed by atoms with Crippen molar-refractivity contribution in [2.24, 2.45) is 0 Å². The summed E-state index contributed by atoms with van der Waals surface area (Å²) in [6, 6.07) is 5.85. The molecule has 0 aliphatic rings. The van der Waals surface area contributed by atoms with Crippen molar-refractivity contribution in [1.82, 2.24) is 14.8 Å². The minimum atomic E-state index is -1.11. The van der Waals surface area contributed by atoms with E-state index in [1.807, 2.05) is 39.0 Å². The summed E-state index contributed by atoms with van der Waals surface area (Å²) in [4.78, 5) is 15.1. The largest absolute Gasteiger partial charge is 0.475 e. The minimum Gasteiger partial charge on any atom is -0.475 e. The maximum absolute atomic E-state index is 11.0. The van der Waals surface area contributed by atoms with Crippen LogP contribution in [0.25, 0.3) is 5.69 Å². The molecule has 100 valence electrons. The Morgan fingerprint density at radius 2 is 2.11 bits per heavy atom. The van der Waals surface area contributed by atoms with Crippen LogP contribution in [-0.4, -0.2) is 25.8 Å². The molecule has 0 unspecified atom stereocenters. The van der Waals surface area contributed by atoms with E-state index in [-0.39, 0.29) is 11.7 Å². The van der Waals surface area contributed by atoms with E-state index in [2.05, 4.69) is 32.7 Å². The molecule has 0 saturated carbocycles. The van der Waals surface area contributed by atoms with Gasteiger partial charge in [0.1, 0.15) is 5.82 Å². The molecule has 1 heterocycles. The smallest absolute Gasteiger partial charge is 0.375 e. The lowest BCUT2D eigenvalue weighted by Crippen LogP contribution is -2.07. The lowest BCUT2D eigenvalue weighted by Gasteiger charge is -2.11. The molecule has 0 amide bonds. The Kier molecular flexibility index (Phi) is 3.88. The fraction of sp³-hybridized carbons (Fsp3) is 0.308. The van der Waals surface area contributed by atoms with Crippen LogP contribution in [0.5, 0.6) is 0 Å². The summed E-state index contributed by atoms with van der Waals surface area (Å²) in [5.74, 6) is -0.522. The highest BCUT2D eigenvalue weighted by atomic mass is 127. The van der Waals surface area contributed by atoms with Gasteiger partial charge in [-0.15, -0.1) is 5.10 Å². The third kappa shape index (κ3) is 2.63. The maximum atomic E-state index is 11.0. The predicted octanol–water partition coefficient (Wildman–Crippen LogP) is 3.00. The van der Waals surface area contributed by atoms with Gasteiger partial charge in [-0.25, -0.2) is 14.5 Å². The number of rotatable bonds is 3. The molecule has 6 heteroatoms. The molecule has 0 fully saturated rings. The summed E-state index contributed by atoms with van der Waals surface area (Å²) >= 11 is 2.25. The second kappa shape index (κ2) is 5.28. The first-order valence-electron chi connectivity index (χ1n) is 5.87.